The van der Waals surface area contributed by atoms with Crippen LogP contribution in [0.15, 0.2) is 97.2 Å². The van der Waals surface area contributed by atoms with Crippen molar-refractivity contribution in [3.05, 3.63) is 113 Å². The predicted octanol–water partition coefficient (Wildman–Crippen LogP) is 8.03. The third-order valence-electron chi connectivity index (χ3n) is 7.45. The van der Waals surface area contributed by atoms with Crippen LogP contribution in [0, 0.1) is 0 Å². The van der Waals surface area contributed by atoms with E-state index < -0.39 is 37.6 Å². The highest BCUT2D eigenvalue weighted by molar-refractivity contribution is 7.57. The summed E-state index contributed by atoms with van der Waals surface area (Å²) in [7, 11) is -1.08. The molecule has 0 saturated heterocycles. The summed E-state index contributed by atoms with van der Waals surface area (Å²) in [5, 5.41) is 16.9. The summed E-state index contributed by atoms with van der Waals surface area (Å²) >= 11 is 6.43. The number of para-hydroxylation sites is 1. The summed E-state index contributed by atoms with van der Waals surface area (Å²) in [6, 6.07) is 22.4. The van der Waals surface area contributed by atoms with Crippen LogP contribution in [0.3, 0.4) is 0 Å². The van der Waals surface area contributed by atoms with Gasteiger partial charge < -0.3 is 33.3 Å². The van der Waals surface area contributed by atoms with E-state index in [9.17, 15) is 23.7 Å². The summed E-state index contributed by atoms with van der Waals surface area (Å²) in [6.45, 7) is 1.07. The van der Waals surface area contributed by atoms with Crippen LogP contribution in [0.2, 0.25) is 5.02 Å². The van der Waals surface area contributed by atoms with Gasteiger partial charge >= 0.3 is 25.7 Å². The number of methoxy groups -OCH3 is 2. The van der Waals surface area contributed by atoms with Crippen LogP contribution in [-0.2, 0) is 25.4 Å². The van der Waals surface area contributed by atoms with Crippen LogP contribution in [0.25, 0.3) is 10.9 Å². The van der Waals surface area contributed by atoms with Crippen molar-refractivity contribution in [2.24, 2.45) is 0 Å². The van der Waals surface area contributed by atoms with Crippen molar-refractivity contribution < 1.29 is 57.1 Å². The standard InChI is InChI=1S/C37H34ClN4O12P.ClH/c1-22(35(44)45)42-55(48,21-49-2)54-25-11-9-23(10-12-25)20-51-36(46)41-34(43)28-18-27-31(19-33(28)50-3)39-16-15-32(27)52-26-13-14-30(29(38)17-26)40-37(47)53-24-7-5-4-6-8-24;/h4-19,22H,20-21H2,1-3H3,(H,40,47)(H,42,48)(H,44,45)(H,41,43,46);1H. The van der Waals surface area contributed by atoms with Gasteiger partial charge in [0.2, 0.25) is 0 Å². The third kappa shape index (κ3) is 11.6. The first-order valence-corrected chi connectivity index (χ1v) is 18.4. The highest BCUT2D eigenvalue weighted by atomic mass is 35.5. The Bertz CT molecular complexity index is 2250. The number of ether oxygens (including phenoxy) is 5. The maximum absolute atomic E-state index is 13.3. The molecular weight excluding hydrogens is 794 g/mol. The van der Waals surface area contributed by atoms with Gasteiger partial charge in [-0.15, -0.1) is 12.4 Å². The number of imide groups is 1. The van der Waals surface area contributed by atoms with Gasteiger partial charge in [-0.05, 0) is 61.0 Å². The van der Waals surface area contributed by atoms with Crippen LogP contribution in [0.4, 0.5) is 15.3 Å². The number of rotatable bonds is 15. The Kier molecular flexibility index (Phi) is 15.0. The number of benzene rings is 4. The Hall–Kier alpha value is -5.90. The van der Waals surface area contributed by atoms with Gasteiger partial charge in [0, 0.05) is 30.8 Å². The topological polar surface area (TPSA) is 210 Å². The molecule has 0 radical (unpaired) electrons. The maximum Gasteiger partial charge on any atom is 0.417 e. The molecule has 0 saturated carbocycles. The molecule has 4 N–H and O–H groups in total. The third-order valence-corrected chi connectivity index (χ3v) is 9.65. The number of halogens is 2. The molecule has 19 heteroatoms. The van der Waals surface area contributed by atoms with E-state index >= 15 is 0 Å². The van der Waals surface area contributed by atoms with Gasteiger partial charge in [-0.2, -0.15) is 0 Å². The van der Waals surface area contributed by atoms with Gasteiger partial charge in [-0.3, -0.25) is 29.8 Å². The van der Waals surface area contributed by atoms with E-state index in [1.165, 1.54) is 75.9 Å². The number of nitrogens with one attached hydrogen (secondary N) is 3. The first-order chi connectivity index (χ1) is 26.4. The van der Waals surface area contributed by atoms with E-state index in [2.05, 4.69) is 20.7 Å². The second-order valence-electron chi connectivity index (χ2n) is 11.5. The average molecular weight is 830 g/mol. The fraction of sp³-hybridized carbons (Fsp3) is 0.162. The quantitative estimate of drug-likeness (QED) is 0.0737. The van der Waals surface area contributed by atoms with Gasteiger partial charge in [0.15, 0.2) is 0 Å². The highest BCUT2D eigenvalue weighted by Crippen LogP contribution is 2.43. The Morgan fingerprint density at radius 2 is 1.59 bits per heavy atom. The SMILES string of the molecule is COCP(=O)(NC(C)C(=O)O)Oc1ccc(COC(=O)NC(=O)c2cc3c(Oc4ccc(NC(=O)Oc5ccccc5)c(Cl)c4)ccnc3cc2OC)cc1.Cl. The van der Waals surface area contributed by atoms with E-state index in [0.29, 0.717) is 33.7 Å². The molecule has 2 atom stereocenters. The normalized spacial score (nSPS) is 12.2. The van der Waals surface area contributed by atoms with Gasteiger partial charge in [-0.25, -0.2) is 14.7 Å². The van der Waals surface area contributed by atoms with E-state index in [1.54, 1.807) is 42.5 Å². The second kappa shape index (κ2) is 19.6. The summed E-state index contributed by atoms with van der Waals surface area (Å²) < 4.78 is 45.5. The summed E-state index contributed by atoms with van der Waals surface area (Å²) in [6.07, 6.45) is -0.669. The van der Waals surface area contributed by atoms with Gasteiger partial charge in [-0.1, -0.05) is 41.9 Å². The van der Waals surface area contributed by atoms with Crippen molar-refractivity contribution in [3.63, 3.8) is 0 Å². The number of hydrogen-bond acceptors (Lipinski definition) is 12. The summed E-state index contributed by atoms with van der Waals surface area (Å²) in [4.78, 5) is 53.8. The molecule has 56 heavy (non-hydrogen) atoms. The lowest BCUT2D eigenvalue weighted by Crippen LogP contribution is -2.33. The zero-order chi connectivity index (χ0) is 39.5. The number of pyridine rings is 1. The molecule has 0 aliphatic rings. The van der Waals surface area contributed by atoms with Crippen molar-refractivity contribution in [3.8, 4) is 28.7 Å². The van der Waals surface area contributed by atoms with Crippen LogP contribution < -0.4 is 34.5 Å². The minimum absolute atomic E-state index is 0. The molecule has 294 valence electrons. The number of carboxylic acid groups (broad SMARTS) is 1. The van der Waals surface area contributed by atoms with Gasteiger partial charge in [0.25, 0.3) is 5.91 Å². The number of aliphatic carboxylic acids is 1. The molecule has 5 rings (SSSR count). The van der Waals surface area contributed by atoms with E-state index in [4.69, 9.17) is 44.9 Å². The fourth-order valence-electron chi connectivity index (χ4n) is 4.87. The first kappa shape index (κ1) is 42.8. The number of carbonyl (C=O) groups is 4. The van der Waals surface area contributed by atoms with E-state index in [0.717, 1.165) is 0 Å². The second-order valence-corrected chi connectivity index (χ2v) is 13.9. The molecule has 16 nitrogen and oxygen atoms in total. The number of alkyl carbamates (subject to hydrolysis) is 1. The number of nitrogens with zero attached hydrogens (tertiary/aromatic N) is 1. The first-order valence-electron chi connectivity index (χ1n) is 16.2. The monoisotopic (exact) mass is 828 g/mol. The lowest BCUT2D eigenvalue weighted by molar-refractivity contribution is -0.138. The Balaban J connectivity index is 0.00000696. The largest absolute Gasteiger partial charge is 0.496 e. The number of amides is 3. The Labute approximate surface area is 331 Å². The highest BCUT2D eigenvalue weighted by Gasteiger charge is 2.29. The number of anilines is 1. The van der Waals surface area contributed by atoms with Crippen molar-refractivity contribution in [2.75, 3.05) is 25.9 Å². The van der Waals surface area contributed by atoms with E-state index in [-0.39, 0.29) is 53.1 Å². The molecule has 2 unspecified atom stereocenters. The molecule has 0 aliphatic carbocycles. The van der Waals surface area contributed by atoms with Gasteiger partial charge in [0.1, 0.15) is 47.7 Å². The number of fused-ring (bicyclic) bond motifs is 1. The fourth-order valence-corrected chi connectivity index (χ4v) is 6.77. The molecule has 0 bridgehead atoms. The minimum atomic E-state index is -3.73. The van der Waals surface area contributed by atoms with Crippen molar-refractivity contribution in [1.82, 2.24) is 15.4 Å². The maximum atomic E-state index is 13.3. The summed E-state index contributed by atoms with van der Waals surface area (Å²) in [5.41, 5.74) is 1.17. The molecule has 1 aromatic heterocycles. The van der Waals surface area contributed by atoms with Crippen molar-refractivity contribution >= 4 is 72.2 Å². The molecule has 0 fully saturated rings. The van der Waals surface area contributed by atoms with Crippen molar-refractivity contribution in [1.29, 1.82) is 0 Å². The van der Waals surface area contributed by atoms with Crippen LogP contribution >= 0.6 is 31.5 Å². The number of aromatic nitrogens is 1. The average Bonchev–Trinajstić information content (AvgIpc) is 3.15. The molecule has 5 aromatic rings. The zero-order valence-electron chi connectivity index (χ0n) is 29.8. The zero-order valence-corrected chi connectivity index (χ0v) is 32.3. The lowest BCUT2D eigenvalue weighted by atomic mass is 10.1. The molecule has 1 heterocycles. The lowest BCUT2D eigenvalue weighted by Gasteiger charge is -2.22. The Morgan fingerprint density at radius 3 is 2.25 bits per heavy atom. The summed E-state index contributed by atoms with van der Waals surface area (Å²) in [5.74, 6) is -0.828. The molecular formula is C37H35Cl2N4O12P. The number of carbonyl (C=O) groups excluding carboxylic acids is 3. The van der Waals surface area contributed by atoms with Crippen LogP contribution in [0.1, 0.15) is 22.8 Å². The molecule has 4 aromatic carbocycles. The Morgan fingerprint density at radius 1 is 0.875 bits per heavy atom. The smallest absolute Gasteiger partial charge is 0.417 e. The number of carboxylic acids is 1. The van der Waals surface area contributed by atoms with Crippen molar-refractivity contribution in [2.45, 2.75) is 19.6 Å². The van der Waals surface area contributed by atoms with Crippen LogP contribution in [0.5, 0.6) is 28.7 Å². The molecule has 3 amide bonds. The van der Waals surface area contributed by atoms with Gasteiger partial charge in [0.05, 0.1) is 28.9 Å². The number of hydrogen-bond donors (Lipinski definition) is 4. The molecule has 0 aliphatic heterocycles. The van der Waals surface area contributed by atoms with Crippen LogP contribution in [-0.4, -0.2) is 60.8 Å². The van der Waals surface area contributed by atoms with E-state index in [1.807, 2.05) is 0 Å². The molecule has 0 spiro atoms. The predicted molar refractivity (Wildman–Crippen MR) is 208 cm³/mol. The minimum Gasteiger partial charge on any atom is -0.496 e.